The van der Waals surface area contributed by atoms with Gasteiger partial charge in [0.05, 0.1) is 36.3 Å². The zero-order chi connectivity index (χ0) is 25.8. The Morgan fingerprint density at radius 2 is 1.97 bits per heavy atom. The van der Waals surface area contributed by atoms with Gasteiger partial charge in [-0.1, -0.05) is 6.07 Å². The van der Waals surface area contributed by atoms with Crippen LogP contribution < -0.4 is 10.1 Å². The standard InChI is InChI=1S/C26H33N5O5/c1-16-24-23(19-7-10-21(28-26(33)34)22(15-19)36-4)29-25(31(24)12-11-27-16)18-5-8-20(9-6-18)30(17(2)32)13-14-35-3/h7,10-12,15,18,20,28H,5-6,8-9,13-14H2,1-4H3,(H,33,34). The first-order valence-corrected chi connectivity index (χ1v) is 12.1. The molecule has 0 saturated heterocycles. The van der Waals surface area contributed by atoms with Gasteiger partial charge in [0, 0.05) is 50.5 Å². The van der Waals surface area contributed by atoms with Crippen molar-refractivity contribution in [3.63, 3.8) is 0 Å². The number of nitrogens with zero attached hydrogens (tertiary/aromatic N) is 4. The van der Waals surface area contributed by atoms with Crippen molar-refractivity contribution in [1.82, 2.24) is 19.3 Å². The first kappa shape index (κ1) is 25.4. The van der Waals surface area contributed by atoms with Crippen LogP contribution in [0, 0.1) is 6.92 Å². The Kier molecular flexibility index (Phi) is 7.73. The van der Waals surface area contributed by atoms with Crippen LogP contribution in [-0.2, 0) is 9.53 Å². The van der Waals surface area contributed by atoms with E-state index < -0.39 is 6.09 Å². The molecule has 0 aliphatic heterocycles. The Morgan fingerprint density at radius 1 is 1.22 bits per heavy atom. The topological polar surface area (TPSA) is 118 Å². The third kappa shape index (κ3) is 5.13. The molecule has 2 aromatic heterocycles. The van der Waals surface area contributed by atoms with E-state index in [1.807, 2.05) is 24.1 Å². The summed E-state index contributed by atoms with van der Waals surface area (Å²) >= 11 is 0. The number of rotatable bonds is 8. The number of hydrogen-bond acceptors (Lipinski definition) is 6. The molecule has 1 fully saturated rings. The van der Waals surface area contributed by atoms with Crippen LogP contribution in [0.25, 0.3) is 16.8 Å². The van der Waals surface area contributed by atoms with E-state index in [2.05, 4.69) is 14.7 Å². The highest BCUT2D eigenvalue weighted by Gasteiger charge is 2.31. The Balaban J connectivity index is 1.66. The van der Waals surface area contributed by atoms with Crippen LogP contribution in [-0.4, -0.2) is 69.8 Å². The number of ether oxygens (including phenoxy) is 2. The highest BCUT2D eigenvalue weighted by Crippen LogP contribution is 2.39. The molecule has 1 aliphatic rings. The van der Waals surface area contributed by atoms with Crippen molar-refractivity contribution in [2.75, 3.05) is 32.7 Å². The lowest BCUT2D eigenvalue weighted by Gasteiger charge is -2.36. The van der Waals surface area contributed by atoms with Crippen molar-refractivity contribution >= 4 is 23.2 Å². The SMILES string of the molecule is COCCN(C(C)=O)C1CCC(c2nc(-c3ccc(NC(=O)O)c(OC)c3)c3c(C)nccn23)CC1. The number of aromatic nitrogens is 3. The summed E-state index contributed by atoms with van der Waals surface area (Å²) in [5, 5.41) is 11.5. The normalized spacial score (nSPS) is 17.7. The van der Waals surface area contributed by atoms with E-state index in [1.165, 1.54) is 7.11 Å². The maximum atomic E-state index is 12.2. The van der Waals surface area contributed by atoms with E-state index >= 15 is 0 Å². The molecule has 36 heavy (non-hydrogen) atoms. The third-order valence-electron chi connectivity index (χ3n) is 6.92. The smallest absolute Gasteiger partial charge is 0.409 e. The summed E-state index contributed by atoms with van der Waals surface area (Å²) < 4.78 is 12.8. The van der Waals surface area contributed by atoms with E-state index in [1.54, 1.807) is 32.4 Å². The number of anilines is 1. The van der Waals surface area contributed by atoms with Gasteiger partial charge in [0.1, 0.15) is 11.6 Å². The molecule has 1 aromatic carbocycles. The number of nitrogens with one attached hydrogen (secondary N) is 1. The number of carbonyl (C=O) groups excluding carboxylic acids is 1. The minimum Gasteiger partial charge on any atom is -0.495 e. The summed E-state index contributed by atoms with van der Waals surface area (Å²) in [6.07, 6.45) is 6.23. The van der Waals surface area contributed by atoms with Crippen LogP contribution in [0.2, 0.25) is 0 Å². The van der Waals surface area contributed by atoms with Gasteiger partial charge in [0.2, 0.25) is 5.91 Å². The zero-order valence-corrected chi connectivity index (χ0v) is 21.2. The average molecular weight is 496 g/mol. The van der Waals surface area contributed by atoms with E-state index in [0.29, 0.717) is 24.6 Å². The Hall–Kier alpha value is -3.66. The van der Waals surface area contributed by atoms with Crippen LogP contribution in [0.15, 0.2) is 30.6 Å². The van der Waals surface area contributed by atoms with Crippen LogP contribution in [0.1, 0.15) is 50.0 Å². The summed E-state index contributed by atoms with van der Waals surface area (Å²) in [5.74, 6) is 1.72. The molecule has 2 N–H and O–H groups in total. The first-order valence-electron chi connectivity index (χ1n) is 12.1. The lowest BCUT2D eigenvalue weighted by molar-refractivity contribution is -0.132. The van der Waals surface area contributed by atoms with Gasteiger partial charge in [-0.25, -0.2) is 9.78 Å². The summed E-state index contributed by atoms with van der Waals surface area (Å²) in [7, 11) is 3.16. The summed E-state index contributed by atoms with van der Waals surface area (Å²) in [6.45, 7) is 4.72. The van der Waals surface area contributed by atoms with Gasteiger partial charge in [-0.15, -0.1) is 0 Å². The van der Waals surface area contributed by atoms with Crippen LogP contribution in [0.3, 0.4) is 0 Å². The van der Waals surface area contributed by atoms with E-state index in [9.17, 15) is 9.59 Å². The molecule has 1 aliphatic carbocycles. The molecular formula is C26H33N5O5. The molecule has 0 bridgehead atoms. The fraction of sp³-hybridized carbons (Fsp3) is 0.462. The predicted molar refractivity (Wildman–Crippen MR) is 136 cm³/mol. The number of hydrogen-bond donors (Lipinski definition) is 2. The molecular weight excluding hydrogens is 462 g/mol. The molecule has 0 radical (unpaired) electrons. The number of imidazole rings is 1. The largest absolute Gasteiger partial charge is 0.495 e. The molecule has 2 heterocycles. The van der Waals surface area contributed by atoms with Gasteiger partial charge in [0.25, 0.3) is 0 Å². The fourth-order valence-corrected chi connectivity index (χ4v) is 5.20. The van der Waals surface area contributed by atoms with Crippen molar-refractivity contribution in [2.45, 2.75) is 51.5 Å². The lowest BCUT2D eigenvalue weighted by Crippen LogP contribution is -2.42. The quantitative estimate of drug-likeness (QED) is 0.478. The Morgan fingerprint density at radius 3 is 2.61 bits per heavy atom. The zero-order valence-electron chi connectivity index (χ0n) is 21.2. The maximum absolute atomic E-state index is 12.2. The summed E-state index contributed by atoms with van der Waals surface area (Å²) in [6, 6.07) is 5.52. The van der Waals surface area contributed by atoms with Gasteiger partial charge < -0.3 is 19.5 Å². The number of aryl methyl sites for hydroxylation is 1. The maximum Gasteiger partial charge on any atom is 0.409 e. The average Bonchev–Trinajstić information content (AvgIpc) is 3.25. The summed E-state index contributed by atoms with van der Waals surface area (Å²) in [4.78, 5) is 34.9. The van der Waals surface area contributed by atoms with Crippen molar-refractivity contribution < 1.29 is 24.2 Å². The minimum atomic E-state index is -1.16. The van der Waals surface area contributed by atoms with Crippen molar-refractivity contribution in [3.05, 3.63) is 42.1 Å². The van der Waals surface area contributed by atoms with Crippen LogP contribution >= 0.6 is 0 Å². The second kappa shape index (κ2) is 10.9. The Bertz CT molecular complexity index is 1250. The van der Waals surface area contributed by atoms with Gasteiger partial charge >= 0.3 is 6.09 Å². The van der Waals surface area contributed by atoms with Gasteiger partial charge in [0.15, 0.2) is 0 Å². The molecule has 10 heteroatoms. The van der Waals surface area contributed by atoms with Crippen molar-refractivity contribution in [1.29, 1.82) is 0 Å². The highest BCUT2D eigenvalue weighted by molar-refractivity contribution is 5.88. The first-order chi connectivity index (χ1) is 17.3. The molecule has 0 atom stereocenters. The summed E-state index contributed by atoms with van der Waals surface area (Å²) in [5.41, 5.74) is 3.74. The molecule has 0 spiro atoms. The van der Waals surface area contributed by atoms with Crippen molar-refractivity contribution in [3.8, 4) is 17.0 Å². The third-order valence-corrected chi connectivity index (χ3v) is 6.92. The number of benzene rings is 1. The van der Waals surface area contributed by atoms with Crippen molar-refractivity contribution in [2.24, 2.45) is 0 Å². The minimum absolute atomic E-state index is 0.0838. The molecule has 3 aromatic rings. The van der Waals surface area contributed by atoms with Gasteiger partial charge in [-0.05, 0) is 44.7 Å². The fourth-order valence-electron chi connectivity index (χ4n) is 5.20. The number of methoxy groups -OCH3 is 2. The molecule has 1 saturated carbocycles. The van der Waals surface area contributed by atoms with Crippen LogP contribution in [0.5, 0.6) is 5.75 Å². The monoisotopic (exact) mass is 495 g/mol. The van der Waals surface area contributed by atoms with E-state index in [-0.39, 0.29) is 17.9 Å². The van der Waals surface area contributed by atoms with E-state index in [4.69, 9.17) is 19.6 Å². The number of carbonyl (C=O) groups is 2. The number of carboxylic acid groups (broad SMARTS) is 1. The molecule has 4 rings (SSSR count). The number of fused-ring (bicyclic) bond motifs is 1. The van der Waals surface area contributed by atoms with Gasteiger partial charge in [-0.2, -0.15) is 0 Å². The highest BCUT2D eigenvalue weighted by atomic mass is 16.5. The molecule has 2 amide bonds. The lowest BCUT2D eigenvalue weighted by atomic mass is 9.84. The predicted octanol–water partition coefficient (Wildman–Crippen LogP) is 4.32. The molecule has 0 unspecified atom stereocenters. The second-order valence-corrected chi connectivity index (χ2v) is 9.11. The number of amides is 2. The van der Waals surface area contributed by atoms with Crippen LogP contribution in [0.4, 0.5) is 10.5 Å². The molecule has 192 valence electrons. The second-order valence-electron chi connectivity index (χ2n) is 9.11. The van der Waals surface area contributed by atoms with Gasteiger partial charge in [-0.3, -0.25) is 19.5 Å². The Labute approximate surface area is 210 Å². The molecule has 10 nitrogen and oxygen atoms in total. The van der Waals surface area contributed by atoms with E-state index in [0.717, 1.165) is 54.0 Å².